The summed E-state index contributed by atoms with van der Waals surface area (Å²) in [6.07, 6.45) is 3.40. The molecule has 0 aliphatic carbocycles. The first-order valence-electron chi connectivity index (χ1n) is 10.0. The zero-order valence-corrected chi connectivity index (χ0v) is 17.5. The second kappa shape index (κ2) is 12.4. The van der Waals surface area contributed by atoms with E-state index in [0.29, 0.717) is 43.8 Å². The van der Waals surface area contributed by atoms with E-state index in [1.54, 1.807) is 25.1 Å². The first-order valence-corrected chi connectivity index (χ1v) is 10.0. The summed E-state index contributed by atoms with van der Waals surface area (Å²) in [5, 5.41) is 6.22. The fourth-order valence-corrected chi connectivity index (χ4v) is 2.63. The third kappa shape index (κ3) is 7.48. The van der Waals surface area contributed by atoms with Crippen molar-refractivity contribution in [2.24, 2.45) is 0 Å². The van der Waals surface area contributed by atoms with E-state index in [-0.39, 0.29) is 6.09 Å². The van der Waals surface area contributed by atoms with Crippen molar-refractivity contribution in [2.75, 3.05) is 44.0 Å². The van der Waals surface area contributed by atoms with Crippen molar-refractivity contribution in [3.05, 3.63) is 42.1 Å². The van der Waals surface area contributed by atoms with Crippen LogP contribution in [-0.2, 0) is 11.3 Å². The molecule has 0 radical (unpaired) electrons. The molecule has 8 heteroatoms. The summed E-state index contributed by atoms with van der Waals surface area (Å²) in [5.41, 5.74) is 1.03. The summed E-state index contributed by atoms with van der Waals surface area (Å²) in [5.74, 6) is 1.72. The minimum Gasteiger partial charge on any atom is -0.486 e. The lowest BCUT2D eigenvalue weighted by molar-refractivity contribution is 0.0977. The number of aromatic nitrogens is 2. The fourth-order valence-electron chi connectivity index (χ4n) is 2.63. The molecule has 0 unspecified atom stereocenters. The number of ether oxygens (including phenoxy) is 2. The average Bonchev–Trinajstić information content (AvgIpc) is 2.75. The third-order valence-corrected chi connectivity index (χ3v) is 4.16. The molecule has 0 aliphatic rings. The summed E-state index contributed by atoms with van der Waals surface area (Å²) < 4.78 is 11.1. The zero-order chi connectivity index (χ0) is 20.9. The Bertz CT molecular complexity index is 742. The van der Waals surface area contributed by atoms with Gasteiger partial charge in [0.1, 0.15) is 6.61 Å². The lowest BCUT2D eigenvalue weighted by atomic mass is 10.2. The molecule has 1 amide bonds. The molecule has 0 saturated carbocycles. The highest BCUT2D eigenvalue weighted by atomic mass is 16.6. The molecular weight excluding hydrogens is 370 g/mol. The molecule has 0 saturated heterocycles. The number of anilines is 2. The zero-order valence-electron chi connectivity index (χ0n) is 17.5. The Morgan fingerprint density at radius 1 is 1.21 bits per heavy atom. The van der Waals surface area contributed by atoms with E-state index in [2.05, 4.69) is 27.5 Å². The quantitative estimate of drug-likeness (QED) is 0.523. The number of unbranched alkanes of at least 4 members (excludes halogenated alkanes) is 1. The standard InChI is InChI=1S/C21H31N5O3/c1-4-6-12-23-19-18(15-24-20(22-3)25-19)29-14-13-26(21(27)28-5-2)16-17-10-8-7-9-11-17/h7-11,15H,4-6,12-14,16H2,1-3H3,(H2,22,23,24,25). The Kier molecular flexibility index (Phi) is 9.54. The Morgan fingerprint density at radius 3 is 2.69 bits per heavy atom. The fraction of sp³-hybridized carbons (Fsp3) is 0.476. The number of rotatable bonds is 12. The van der Waals surface area contributed by atoms with Gasteiger partial charge in [-0.2, -0.15) is 4.98 Å². The molecule has 0 spiro atoms. The van der Waals surface area contributed by atoms with Gasteiger partial charge in [0, 0.05) is 20.1 Å². The summed E-state index contributed by atoms with van der Waals surface area (Å²) in [7, 11) is 1.77. The summed E-state index contributed by atoms with van der Waals surface area (Å²) in [4.78, 5) is 22.6. The van der Waals surface area contributed by atoms with Crippen LogP contribution in [0.1, 0.15) is 32.3 Å². The molecule has 2 rings (SSSR count). The summed E-state index contributed by atoms with van der Waals surface area (Å²) in [6.45, 7) is 6.21. The van der Waals surface area contributed by atoms with E-state index in [1.165, 1.54) is 0 Å². The highest BCUT2D eigenvalue weighted by molar-refractivity contribution is 5.67. The van der Waals surface area contributed by atoms with Gasteiger partial charge < -0.3 is 25.0 Å². The molecule has 0 atom stereocenters. The normalized spacial score (nSPS) is 10.3. The molecule has 0 aliphatic heterocycles. The monoisotopic (exact) mass is 401 g/mol. The summed E-state index contributed by atoms with van der Waals surface area (Å²) in [6, 6.07) is 9.80. The Labute approximate surface area is 172 Å². The van der Waals surface area contributed by atoms with E-state index in [1.807, 2.05) is 30.3 Å². The van der Waals surface area contributed by atoms with E-state index in [0.717, 1.165) is 24.9 Å². The van der Waals surface area contributed by atoms with E-state index in [9.17, 15) is 4.79 Å². The van der Waals surface area contributed by atoms with Crippen LogP contribution in [-0.4, -0.2) is 54.3 Å². The van der Waals surface area contributed by atoms with Crippen molar-refractivity contribution in [1.29, 1.82) is 0 Å². The SMILES string of the molecule is CCCCNc1nc(NC)ncc1OCCN(Cc1ccccc1)C(=O)OCC. The van der Waals surface area contributed by atoms with Gasteiger partial charge in [-0.05, 0) is 18.9 Å². The minimum absolute atomic E-state index is 0.302. The lowest BCUT2D eigenvalue weighted by Crippen LogP contribution is -2.34. The van der Waals surface area contributed by atoms with Gasteiger partial charge >= 0.3 is 6.09 Å². The lowest BCUT2D eigenvalue weighted by Gasteiger charge is -2.22. The van der Waals surface area contributed by atoms with Crippen LogP contribution in [0.25, 0.3) is 0 Å². The highest BCUT2D eigenvalue weighted by Crippen LogP contribution is 2.22. The van der Waals surface area contributed by atoms with Crippen LogP contribution in [0.3, 0.4) is 0 Å². The minimum atomic E-state index is -0.358. The molecule has 1 heterocycles. The largest absolute Gasteiger partial charge is 0.486 e. The Hall–Kier alpha value is -3.03. The maximum absolute atomic E-state index is 12.3. The van der Waals surface area contributed by atoms with Crippen LogP contribution in [0, 0.1) is 0 Å². The number of nitrogens with one attached hydrogen (secondary N) is 2. The van der Waals surface area contributed by atoms with Crippen molar-refractivity contribution in [3.8, 4) is 5.75 Å². The van der Waals surface area contributed by atoms with Gasteiger partial charge in [0.15, 0.2) is 11.6 Å². The Balaban J connectivity index is 2.00. The van der Waals surface area contributed by atoms with Gasteiger partial charge in [-0.3, -0.25) is 0 Å². The topological polar surface area (TPSA) is 88.6 Å². The number of hydrogen-bond acceptors (Lipinski definition) is 7. The van der Waals surface area contributed by atoms with Crippen LogP contribution in [0.5, 0.6) is 5.75 Å². The first kappa shape index (κ1) is 22.3. The van der Waals surface area contributed by atoms with Crippen LogP contribution in [0.4, 0.5) is 16.6 Å². The van der Waals surface area contributed by atoms with Crippen molar-refractivity contribution in [1.82, 2.24) is 14.9 Å². The van der Waals surface area contributed by atoms with Gasteiger partial charge in [0.25, 0.3) is 0 Å². The van der Waals surface area contributed by atoms with E-state index < -0.39 is 0 Å². The molecule has 29 heavy (non-hydrogen) atoms. The first-order chi connectivity index (χ1) is 14.2. The predicted molar refractivity (Wildman–Crippen MR) is 114 cm³/mol. The van der Waals surface area contributed by atoms with Gasteiger partial charge in [-0.25, -0.2) is 9.78 Å². The highest BCUT2D eigenvalue weighted by Gasteiger charge is 2.16. The third-order valence-electron chi connectivity index (χ3n) is 4.16. The van der Waals surface area contributed by atoms with Gasteiger partial charge in [0.05, 0.1) is 19.3 Å². The number of carbonyl (C=O) groups excluding carboxylic acids is 1. The number of nitrogens with zero attached hydrogens (tertiary/aromatic N) is 3. The van der Waals surface area contributed by atoms with E-state index in [4.69, 9.17) is 9.47 Å². The average molecular weight is 402 g/mol. The van der Waals surface area contributed by atoms with E-state index >= 15 is 0 Å². The van der Waals surface area contributed by atoms with Crippen LogP contribution < -0.4 is 15.4 Å². The smallest absolute Gasteiger partial charge is 0.410 e. The summed E-state index contributed by atoms with van der Waals surface area (Å²) >= 11 is 0. The number of hydrogen-bond donors (Lipinski definition) is 2. The molecule has 0 fully saturated rings. The molecule has 158 valence electrons. The molecule has 2 aromatic rings. The molecule has 1 aromatic carbocycles. The van der Waals surface area contributed by atoms with Crippen molar-refractivity contribution < 1.29 is 14.3 Å². The number of benzene rings is 1. The van der Waals surface area contributed by atoms with Crippen LogP contribution in [0.15, 0.2) is 36.5 Å². The van der Waals surface area contributed by atoms with Gasteiger partial charge in [0.2, 0.25) is 5.95 Å². The Morgan fingerprint density at radius 2 is 2.00 bits per heavy atom. The second-order valence-corrected chi connectivity index (χ2v) is 6.39. The van der Waals surface area contributed by atoms with Crippen LogP contribution in [0.2, 0.25) is 0 Å². The maximum atomic E-state index is 12.3. The molecular formula is C21H31N5O3. The number of carbonyl (C=O) groups is 1. The second-order valence-electron chi connectivity index (χ2n) is 6.39. The number of amides is 1. The predicted octanol–water partition coefficient (Wildman–Crippen LogP) is 3.77. The molecule has 1 aromatic heterocycles. The van der Waals surface area contributed by atoms with Crippen LogP contribution >= 0.6 is 0 Å². The molecule has 2 N–H and O–H groups in total. The van der Waals surface area contributed by atoms with Gasteiger partial charge in [-0.1, -0.05) is 43.7 Å². The molecule has 8 nitrogen and oxygen atoms in total. The van der Waals surface area contributed by atoms with Crippen molar-refractivity contribution in [2.45, 2.75) is 33.2 Å². The maximum Gasteiger partial charge on any atom is 0.410 e. The van der Waals surface area contributed by atoms with Crippen molar-refractivity contribution >= 4 is 17.9 Å². The van der Waals surface area contributed by atoms with Crippen molar-refractivity contribution in [3.63, 3.8) is 0 Å². The van der Waals surface area contributed by atoms with Gasteiger partial charge in [-0.15, -0.1) is 0 Å². The molecule has 0 bridgehead atoms.